The predicted octanol–water partition coefficient (Wildman–Crippen LogP) is 7.75. The third-order valence-corrected chi connectivity index (χ3v) is 6.19. The van der Waals surface area contributed by atoms with Crippen molar-refractivity contribution >= 4 is 0 Å². The first-order valence-corrected chi connectivity index (χ1v) is 12.6. The van der Waals surface area contributed by atoms with Gasteiger partial charge in [-0.15, -0.1) is 0 Å². The molecule has 162 valence electrons. The molecule has 0 N–H and O–H groups in total. The van der Waals surface area contributed by atoms with Crippen molar-refractivity contribution in [2.24, 2.45) is 0 Å². The van der Waals surface area contributed by atoms with Gasteiger partial charge in [0.2, 0.25) is 0 Å². The van der Waals surface area contributed by atoms with Crippen molar-refractivity contribution in [1.29, 1.82) is 0 Å². The van der Waals surface area contributed by atoms with Gasteiger partial charge in [-0.1, -0.05) is 110 Å². The minimum atomic E-state index is 0.421. The normalized spacial score (nSPS) is 21.0. The van der Waals surface area contributed by atoms with E-state index in [2.05, 4.69) is 25.7 Å². The Morgan fingerprint density at radius 2 is 1.07 bits per heavy atom. The van der Waals surface area contributed by atoms with Gasteiger partial charge in [-0.3, -0.25) is 4.90 Å². The fourth-order valence-electron chi connectivity index (χ4n) is 4.43. The zero-order valence-corrected chi connectivity index (χ0v) is 19.2. The molecule has 2 nitrogen and oxygen atoms in total. The van der Waals surface area contributed by atoms with Crippen LogP contribution in [-0.2, 0) is 4.74 Å². The summed E-state index contributed by atoms with van der Waals surface area (Å²) in [5.41, 5.74) is 0. The minimum absolute atomic E-state index is 0.421. The van der Waals surface area contributed by atoms with Crippen molar-refractivity contribution in [3.63, 3.8) is 0 Å². The number of rotatable bonds is 18. The Hall–Kier alpha value is -0.0800. The first kappa shape index (κ1) is 25.0. The lowest BCUT2D eigenvalue weighted by atomic mass is 10.0. The van der Waals surface area contributed by atoms with Gasteiger partial charge in [-0.25, -0.2) is 0 Å². The van der Waals surface area contributed by atoms with Crippen molar-refractivity contribution in [2.75, 3.05) is 19.6 Å². The van der Waals surface area contributed by atoms with Crippen LogP contribution in [0.2, 0.25) is 0 Å². The van der Waals surface area contributed by atoms with Gasteiger partial charge in [0, 0.05) is 13.1 Å². The van der Waals surface area contributed by atoms with Gasteiger partial charge in [0.15, 0.2) is 0 Å². The molecule has 2 atom stereocenters. The van der Waals surface area contributed by atoms with E-state index in [0.29, 0.717) is 12.2 Å². The van der Waals surface area contributed by atoms with Gasteiger partial charge in [0.1, 0.15) is 0 Å². The topological polar surface area (TPSA) is 12.5 Å². The summed E-state index contributed by atoms with van der Waals surface area (Å²) < 4.78 is 5.96. The monoisotopic (exact) mass is 381 g/mol. The summed E-state index contributed by atoms with van der Waals surface area (Å²) in [6.07, 6.45) is 25.2. The van der Waals surface area contributed by atoms with E-state index in [1.165, 1.54) is 109 Å². The molecule has 1 saturated heterocycles. The summed E-state index contributed by atoms with van der Waals surface area (Å²) in [5, 5.41) is 0. The maximum absolute atomic E-state index is 5.96. The molecule has 0 saturated carbocycles. The highest BCUT2D eigenvalue weighted by Gasteiger charge is 2.23. The van der Waals surface area contributed by atoms with E-state index in [4.69, 9.17) is 4.74 Å². The molecule has 0 aromatic carbocycles. The van der Waals surface area contributed by atoms with Crippen LogP contribution in [0.15, 0.2) is 0 Å². The van der Waals surface area contributed by atoms with Crippen molar-refractivity contribution in [2.45, 2.75) is 142 Å². The highest BCUT2D eigenvalue weighted by Crippen LogP contribution is 2.16. The third kappa shape index (κ3) is 14.6. The Morgan fingerprint density at radius 3 is 1.52 bits per heavy atom. The summed E-state index contributed by atoms with van der Waals surface area (Å²) in [6, 6.07) is 0. The van der Waals surface area contributed by atoms with Gasteiger partial charge < -0.3 is 4.74 Å². The Balaban J connectivity index is 1.77. The highest BCUT2D eigenvalue weighted by molar-refractivity contribution is 4.74. The lowest BCUT2D eigenvalue weighted by Crippen LogP contribution is -2.46. The molecule has 1 heterocycles. The lowest BCUT2D eigenvalue weighted by Gasteiger charge is -2.36. The van der Waals surface area contributed by atoms with Crippen LogP contribution in [0, 0.1) is 0 Å². The standard InChI is InChI=1S/C25H51NO/c1-4-6-7-8-9-10-11-12-13-14-15-16-17-18-19-20-21-26-22-24(3)27-25(5-2)23-26/h24-25H,4-23H2,1-3H3. The van der Waals surface area contributed by atoms with Crippen LogP contribution in [0.1, 0.15) is 130 Å². The predicted molar refractivity (Wildman–Crippen MR) is 121 cm³/mol. The van der Waals surface area contributed by atoms with E-state index < -0.39 is 0 Å². The molecular formula is C25H51NO. The Kier molecular flexibility index (Phi) is 16.6. The van der Waals surface area contributed by atoms with Gasteiger partial charge in [0.05, 0.1) is 12.2 Å². The zero-order chi connectivity index (χ0) is 19.6. The molecule has 1 aliphatic heterocycles. The fraction of sp³-hybridized carbons (Fsp3) is 1.00. The molecule has 1 aliphatic rings. The molecule has 27 heavy (non-hydrogen) atoms. The maximum Gasteiger partial charge on any atom is 0.0703 e. The summed E-state index contributed by atoms with van der Waals surface area (Å²) in [5.74, 6) is 0. The average molecular weight is 382 g/mol. The number of hydrogen-bond donors (Lipinski definition) is 0. The van der Waals surface area contributed by atoms with Crippen molar-refractivity contribution in [3.8, 4) is 0 Å². The first-order chi connectivity index (χ1) is 13.3. The van der Waals surface area contributed by atoms with Crippen LogP contribution < -0.4 is 0 Å². The van der Waals surface area contributed by atoms with Crippen LogP contribution in [-0.4, -0.2) is 36.7 Å². The second-order valence-corrected chi connectivity index (χ2v) is 9.04. The molecular weight excluding hydrogens is 330 g/mol. The minimum Gasteiger partial charge on any atom is -0.373 e. The van der Waals surface area contributed by atoms with Crippen LogP contribution in [0.25, 0.3) is 0 Å². The molecule has 0 amide bonds. The second-order valence-electron chi connectivity index (χ2n) is 9.04. The Morgan fingerprint density at radius 1 is 0.630 bits per heavy atom. The van der Waals surface area contributed by atoms with Gasteiger partial charge in [-0.05, 0) is 26.3 Å². The SMILES string of the molecule is CCCCCCCCCCCCCCCCCCN1CC(C)OC(CC)C1. The quantitative estimate of drug-likeness (QED) is 0.225. The van der Waals surface area contributed by atoms with E-state index in [1.807, 2.05) is 0 Å². The Labute approximate surface area is 171 Å². The molecule has 1 fully saturated rings. The molecule has 0 radical (unpaired) electrons. The lowest BCUT2D eigenvalue weighted by molar-refractivity contribution is -0.0778. The maximum atomic E-state index is 5.96. The van der Waals surface area contributed by atoms with Crippen LogP contribution in [0.3, 0.4) is 0 Å². The summed E-state index contributed by atoms with van der Waals surface area (Å²) >= 11 is 0. The fourth-order valence-corrected chi connectivity index (χ4v) is 4.43. The van der Waals surface area contributed by atoms with Crippen molar-refractivity contribution in [3.05, 3.63) is 0 Å². The summed E-state index contributed by atoms with van der Waals surface area (Å²) in [7, 11) is 0. The first-order valence-electron chi connectivity index (χ1n) is 12.6. The molecule has 0 spiro atoms. The average Bonchev–Trinajstić information content (AvgIpc) is 2.67. The van der Waals surface area contributed by atoms with E-state index in [1.54, 1.807) is 0 Å². The van der Waals surface area contributed by atoms with Crippen LogP contribution >= 0.6 is 0 Å². The van der Waals surface area contributed by atoms with Crippen molar-refractivity contribution < 1.29 is 4.74 Å². The molecule has 0 aliphatic carbocycles. The van der Waals surface area contributed by atoms with E-state index in [9.17, 15) is 0 Å². The Bertz CT molecular complexity index is 307. The molecule has 2 unspecified atom stereocenters. The molecule has 0 aromatic heterocycles. The van der Waals surface area contributed by atoms with Crippen molar-refractivity contribution in [1.82, 2.24) is 4.90 Å². The second kappa shape index (κ2) is 18.0. The largest absolute Gasteiger partial charge is 0.373 e. The number of nitrogens with zero attached hydrogens (tertiary/aromatic N) is 1. The zero-order valence-electron chi connectivity index (χ0n) is 19.2. The molecule has 0 bridgehead atoms. The van der Waals surface area contributed by atoms with E-state index in [-0.39, 0.29) is 0 Å². The van der Waals surface area contributed by atoms with Gasteiger partial charge in [0.25, 0.3) is 0 Å². The number of hydrogen-bond acceptors (Lipinski definition) is 2. The van der Waals surface area contributed by atoms with E-state index in [0.717, 1.165) is 19.5 Å². The van der Waals surface area contributed by atoms with Crippen LogP contribution in [0.5, 0.6) is 0 Å². The summed E-state index contributed by atoms with van der Waals surface area (Å²) in [6.45, 7) is 10.3. The molecule has 1 rings (SSSR count). The van der Waals surface area contributed by atoms with Crippen LogP contribution in [0.4, 0.5) is 0 Å². The number of morpholine rings is 1. The van der Waals surface area contributed by atoms with E-state index >= 15 is 0 Å². The van der Waals surface area contributed by atoms with Gasteiger partial charge >= 0.3 is 0 Å². The summed E-state index contributed by atoms with van der Waals surface area (Å²) in [4.78, 5) is 2.63. The number of unbranched alkanes of at least 4 members (excludes halogenated alkanes) is 15. The highest BCUT2D eigenvalue weighted by atomic mass is 16.5. The number of ether oxygens (including phenoxy) is 1. The molecule has 0 aromatic rings. The smallest absolute Gasteiger partial charge is 0.0703 e. The van der Waals surface area contributed by atoms with Gasteiger partial charge in [-0.2, -0.15) is 0 Å². The molecule has 2 heteroatoms. The third-order valence-electron chi connectivity index (χ3n) is 6.19.